The van der Waals surface area contributed by atoms with Gasteiger partial charge in [0, 0.05) is 11.1 Å². The third kappa shape index (κ3) is 3.01. The molecule has 0 bridgehead atoms. The van der Waals surface area contributed by atoms with Crippen LogP contribution in [0.5, 0.6) is 5.75 Å². The third-order valence-corrected chi connectivity index (χ3v) is 6.26. The predicted octanol–water partition coefficient (Wildman–Crippen LogP) is 3.67. The number of alkyl halides is 3. The Kier molecular flexibility index (Phi) is 4.55. The zero-order valence-corrected chi connectivity index (χ0v) is 13.8. The summed E-state index contributed by atoms with van der Waals surface area (Å²) in [6.45, 7) is 0. The maximum Gasteiger partial charge on any atom is 0.501 e. The second-order valence-corrected chi connectivity index (χ2v) is 8.25. The first-order valence-corrected chi connectivity index (χ1v) is 9.52. The minimum atomic E-state index is -5.50. The lowest BCUT2D eigenvalue weighted by Gasteiger charge is -2.25. The average Bonchev–Trinajstić information content (AvgIpc) is 2.90. The Hall–Kier alpha value is -1.28. The van der Waals surface area contributed by atoms with E-state index in [9.17, 15) is 26.7 Å². The number of benzene rings is 1. The molecule has 2 aliphatic carbocycles. The number of ether oxygens (including phenoxy) is 1. The van der Waals surface area contributed by atoms with Crippen molar-refractivity contribution in [1.82, 2.24) is 0 Å². The summed E-state index contributed by atoms with van der Waals surface area (Å²) in [4.78, 5) is -0.856. The quantitative estimate of drug-likeness (QED) is 0.889. The van der Waals surface area contributed by atoms with Gasteiger partial charge in [-0.25, -0.2) is 8.42 Å². The third-order valence-electron chi connectivity index (χ3n) is 4.72. The Morgan fingerprint density at radius 1 is 1.08 bits per heavy atom. The number of aliphatic hydroxyl groups excluding tert-OH is 1. The van der Waals surface area contributed by atoms with Crippen molar-refractivity contribution in [3.63, 3.8) is 0 Å². The summed E-state index contributed by atoms with van der Waals surface area (Å²) in [5, 5.41) is 10.0. The highest BCUT2D eigenvalue weighted by atomic mass is 32.2. The van der Waals surface area contributed by atoms with Crippen LogP contribution in [0.4, 0.5) is 13.2 Å². The van der Waals surface area contributed by atoms with E-state index in [0.717, 1.165) is 38.2 Å². The van der Waals surface area contributed by atoms with E-state index in [0.29, 0.717) is 17.7 Å². The van der Waals surface area contributed by atoms with Crippen molar-refractivity contribution in [2.24, 2.45) is 0 Å². The van der Waals surface area contributed by atoms with Crippen LogP contribution in [0.25, 0.3) is 0 Å². The molecule has 0 heterocycles. The second-order valence-electron chi connectivity index (χ2n) is 6.34. The molecule has 0 aliphatic heterocycles. The topological polar surface area (TPSA) is 63.6 Å². The summed E-state index contributed by atoms with van der Waals surface area (Å²) in [5.41, 5.74) is -5.16. The van der Waals surface area contributed by atoms with Crippen LogP contribution in [0.3, 0.4) is 0 Å². The monoisotopic (exact) mass is 364 g/mol. The number of halogens is 3. The summed E-state index contributed by atoms with van der Waals surface area (Å²) in [7, 11) is -5.50. The van der Waals surface area contributed by atoms with E-state index in [1.807, 2.05) is 0 Å². The summed E-state index contributed by atoms with van der Waals surface area (Å²) >= 11 is 0. The van der Waals surface area contributed by atoms with Crippen molar-refractivity contribution in [2.75, 3.05) is 0 Å². The van der Waals surface area contributed by atoms with Crippen LogP contribution in [0.1, 0.15) is 55.8 Å². The molecule has 4 nitrogen and oxygen atoms in total. The van der Waals surface area contributed by atoms with E-state index >= 15 is 0 Å². The van der Waals surface area contributed by atoms with Gasteiger partial charge in [-0.2, -0.15) is 13.2 Å². The van der Waals surface area contributed by atoms with Crippen LogP contribution >= 0.6 is 0 Å². The molecule has 1 aromatic carbocycles. The molecule has 0 aromatic heterocycles. The van der Waals surface area contributed by atoms with Gasteiger partial charge in [0.25, 0.3) is 9.84 Å². The smallest absolute Gasteiger partial charge is 0.490 e. The van der Waals surface area contributed by atoms with Gasteiger partial charge in [0.05, 0.1) is 17.1 Å². The molecule has 1 fully saturated rings. The highest BCUT2D eigenvalue weighted by Gasteiger charge is 2.49. The van der Waals surface area contributed by atoms with Crippen LogP contribution in [0.2, 0.25) is 0 Å². The van der Waals surface area contributed by atoms with Gasteiger partial charge in [0.1, 0.15) is 5.75 Å². The molecule has 1 N–H and O–H groups in total. The molecular formula is C16H19F3O4S. The van der Waals surface area contributed by atoms with Crippen molar-refractivity contribution in [2.45, 2.75) is 67.6 Å². The normalized spacial score (nSPS) is 22.4. The minimum absolute atomic E-state index is 0.00864. The predicted molar refractivity (Wildman–Crippen MR) is 80.5 cm³/mol. The Morgan fingerprint density at radius 2 is 1.75 bits per heavy atom. The summed E-state index contributed by atoms with van der Waals surface area (Å²) < 4.78 is 68.1. The van der Waals surface area contributed by atoms with Crippen molar-refractivity contribution < 1.29 is 31.4 Å². The largest absolute Gasteiger partial charge is 0.501 e. The number of sulfone groups is 1. The van der Waals surface area contributed by atoms with E-state index in [2.05, 4.69) is 0 Å². The van der Waals surface area contributed by atoms with Crippen molar-refractivity contribution in [3.05, 3.63) is 23.3 Å². The highest BCUT2D eigenvalue weighted by Crippen LogP contribution is 2.44. The lowest BCUT2D eigenvalue weighted by Crippen LogP contribution is -2.25. The minimum Gasteiger partial charge on any atom is -0.490 e. The summed E-state index contributed by atoms with van der Waals surface area (Å²) in [5.74, 6) is 0.398. The number of hydrogen-bond acceptors (Lipinski definition) is 4. The first kappa shape index (κ1) is 17.5. The number of aliphatic hydroxyl groups is 1. The molecule has 1 atom stereocenters. The molecule has 2 aliphatic rings. The molecule has 0 saturated heterocycles. The fourth-order valence-electron chi connectivity index (χ4n) is 3.50. The number of rotatable bonds is 3. The van der Waals surface area contributed by atoms with Crippen LogP contribution < -0.4 is 4.74 Å². The summed E-state index contributed by atoms with van der Waals surface area (Å²) in [6.07, 6.45) is 4.24. The van der Waals surface area contributed by atoms with Crippen molar-refractivity contribution in [3.8, 4) is 5.75 Å². The molecule has 134 valence electrons. The van der Waals surface area contributed by atoms with Gasteiger partial charge < -0.3 is 9.84 Å². The Bertz CT molecular complexity index is 722. The SMILES string of the molecule is O=S(=O)(c1ccc(OC2CCCCC2)c2c1C(O)CC2)C(F)(F)F. The van der Waals surface area contributed by atoms with Gasteiger partial charge >= 0.3 is 5.51 Å². The average molecular weight is 364 g/mol. The van der Waals surface area contributed by atoms with E-state index in [1.165, 1.54) is 6.07 Å². The van der Waals surface area contributed by atoms with E-state index in [1.54, 1.807) is 0 Å². The number of hydrogen-bond donors (Lipinski definition) is 1. The van der Waals surface area contributed by atoms with Crippen LogP contribution in [-0.2, 0) is 16.3 Å². The fourth-order valence-corrected chi connectivity index (χ4v) is 4.55. The van der Waals surface area contributed by atoms with E-state index in [-0.39, 0.29) is 18.1 Å². The summed E-state index contributed by atoms with van der Waals surface area (Å²) in [6, 6.07) is 2.21. The maximum atomic E-state index is 12.9. The van der Waals surface area contributed by atoms with Crippen molar-refractivity contribution >= 4 is 9.84 Å². The Labute approximate surface area is 138 Å². The van der Waals surface area contributed by atoms with Gasteiger partial charge in [0.2, 0.25) is 0 Å². The van der Waals surface area contributed by atoms with Gasteiger partial charge in [-0.05, 0) is 50.7 Å². The molecule has 0 amide bonds. The number of fused-ring (bicyclic) bond motifs is 1. The van der Waals surface area contributed by atoms with Crippen LogP contribution in [-0.4, -0.2) is 25.1 Å². The zero-order valence-electron chi connectivity index (χ0n) is 13.0. The first-order chi connectivity index (χ1) is 11.2. The van der Waals surface area contributed by atoms with Gasteiger partial charge in [-0.3, -0.25) is 0 Å². The first-order valence-electron chi connectivity index (χ1n) is 8.03. The van der Waals surface area contributed by atoms with Crippen LogP contribution in [0, 0.1) is 0 Å². The molecule has 1 unspecified atom stereocenters. The molecule has 0 spiro atoms. The molecule has 1 saturated carbocycles. The highest BCUT2D eigenvalue weighted by molar-refractivity contribution is 7.92. The maximum absolute atomic E-state index is 12.9. The standard InChI is InChI=1S/C16H19F3O4S/c17-16(18,19)24(21,22)14-9-8-13(11-6-7-12(20)15(11)14)23-10-4-2-1-3-5-10/h8-10,12,20H,1-7H2. The fraction of sp³-hybridized carbons (Fsp3) is 0.625. The Balaban J connectivity index is 2.01. The molecule has 24 heavy (non-hydrogen) atoms. The van der Waals surface area contributed by atoms with Gasteiger partial charge in [-0.15, -0.1) is 0 Å². The van der Waals surface area contributed by atoms with Crippen molar-refractivity contribution in [1.29, 1.82) is 0 Å². The van der Waals surface area contributed by atoms with E-state index in [4.69, 9.17) is 4.74 Å². The molecule has 0 radical (unpaired) electrons. The van der Waals surface area contributed by atoms with E-state index < -0.39 is 26.3 Å². The lowest BCUT2D eigenvalue weighted by atomic mass is 9.97. The lowest BCUT2D eigenvalue weighted by molar-refractivity contribution is -0.0437. The van der Waals surface area contributed by atoms with Gasteiger partial charge in [-0.1, -0.05) is 6.42 Å². The molecule has 3 rings (SSSR count). The van der Waals surface area contributed by atoms with Gasteiger partial charge in [0.15, 0.2) is 0 Å². The molecule has 8 heteroatoms. The molecular weight excluding hydrogens is 345 g/mol. The zero-order chi connectivity index (χ0) is 17.5. The van der Waals surface area contributed by atoms with Crippen LogP contribution in [0.15, 0.2) is 17.0 Å². The second kappa shape index (κ2) is 6.22. The molecule has 1 aromatic rings. The Morgan fingerprint density at radius 3 is 2.38 bits per heavy atom.